The lowest BCUT2D eigenvalue weighted by molar-refractivity contribution is -0.0252. The molecule has 92 valence electrons. The molecule has 0 radical (unpaired) electrons. The van der Waals surface area contributed by atoms with Crippen molar-refractivity contribution < 1.29 is 4.74 Å². The van der Waals surface area contributed by atoms with E-state index in [1.54, 1.807) is 0 Å². The van der Waals surface area contributed by atoms with Crippen LogP contribution in [0.3, 0.4) is 0 Å². The van der Waals surface area contributed by atoms with Crippen molar-refractivity contribution in [3.05, 3.63) is 29.8 Å². The van der Waals surface area contributed by atoms with Crippen molar-refractivity contribution in [1.29, 1.82) is 0 Å². The number of rotatable bonds is 1. The molecule has 0 amide bonds. The molecule has 17 heavy (non-hydrogen) atoms. The molecule has 1 aromatic carbocycles. The summed E-state index contributed by atoms with van der Waals surface area (Å²) in [6.07, 6.45) is 5.01. The topological polar surface area (TPSA) is 9.23 Å². The quantitative estimate of drug-likeness (QED) is 0.698. The van der Waals surface area contributed by atoms with Gasteiger partial charge < -0.3 is 4.74 Å². The highest BCUT2D eigenvalue weighted by molar-refractivity contribution is 5.44. The Balaban J connectivity index is 2.19. The van der Waals surface area contributed by atoms with Gasteiger partial charge in [0.2, 0.25) is 0 Å². The van der Waals surface area contributed by atoms with E-state index in [2.05, 4.69) is 45.0 Å². The van der Waals surface area contributed by atoms with Gasteiger partial charge in [-0.05, 0) is 44.6 Å². The minimum Gasteiger partial charge on any atom is -0.487 e. The van der Waals surface area contributed by atoms with Gasteiger partial charge in [-0.2, -0.15) is 0 Å². The molecule has 0 aromatic heterocycles. The predicted molar refractivity (Wildman–Crippen MR) is 70.5 cm³/mol. The molecule has 1 nitrogen and oxygen atoms in total. The predicted octanol–water partition coefficient (Wildman–Crippen LogP) is 4.31. The number of para-hydroxylation sites is 1. The largest absolute Gasteiger partial charge is 0.487 e. The van der Waals surface area contributed by atoms with E-state index in [4.69, 9.17) is 4.74 Å². The summed E-state index contributed by atoms with van der Waals surface area (Å²) in [5, 5.41) is 0. The maximum absolute atomic E-state index is 6.27. The molecule has 0 saturated heterocycles. The van der Waals surface area contributed by atoms with Gasteiger partial charge in [-0.15, -0.1) is 0 Å². The molecule has 2 atom stereocenters. The van der Waals surface area contributed by atoms with Crippen LogP contribution in [0.5, 0.6) is 5.75 Å². The van der Waals surface area contributed by atoms with Gasteiger partial charge in [0, 0.05) is 11.0 Å². The molecule has 1 aromatic rings. The fourth-order valence-electron chi connectivity index (χ4n) is 3.98. The van der Waals surface area contributed by atoms with Gasteiger partial charge in [-0.25, -0.2) is 0 Å². The summed E-state index contributed by atoms with van der Waals surface area (Å²) >= 11 is 0. The molecule has 1 heteroatoms. The molecule has 0 unspecified atom stereocenters. The minimum absolute atomic E-state index is 0.0663. The SMILES string of the molecule is CC(C)[C@@]12CCC[C@@](C)(C1)Oc1ccccc12. The van der Waals surface area contributed by atoms with Crippen LogP contribution in [0.4, 0.5) is 0 Å². The highest BCUT2D eigenvalue weighted by Crippen LogP contribution is 2.55. The van der Waals surface area contributed by atoms with E-state index in [1.807, 2.05) is 0 Å². The van der Waals surface area contributed by atoms with Gasteiger partial charge in [0.1, 0.15) is 11.4 Å². The second-order valence-electron chi connectivity index (χ2n) is 6.39. The summed E-state index contributed by atoms with van der Waals surface area (Å²) in [5.74, 6) is 1.82. The summed E-state index contributed by atoms with van der Waals surface area (Å²) in [6.45, 7) is 7.03. The first-order valence-corrected chi connectivity index (χ1v) is 6.84. The summed E-state index contributed by atoms with van der Waals surface area (Å²) in [7, 11) is 0. The van der Waals surface area contributed by atoms with Crippen LogP contribution in [0.1, 0.15) is 52.0 Å². The van der Waals surface area contributed by atoms with E-state index in [1.165, 1.54) is 31.2 Å². The Labute approximate surface area is 104 Å². The van der Waals surface area contributed by atoms with E-state index in [-0.39, 0.29) is 5.60 Å². The lowest BCUT2D eigenvalue weighted by Gasteiger charge is -2.53. The summed E-state index contributed by atoms with van der Waals surface area (Å²) in [4.78, 5) is 0. The molecule has 3 rings (SSSR count). The number of ether oxygens (including phenoxy) is 1. The normalized spacial score (nSPS) is 35.3. The molecule has 2 bridgehead atoms. The van der Waals surface area contributed by atoms with Crippen molar-refractivity contribution in [3.63, 3.8) is 0 Å². The van der Waals surface area contributed by atoms with Gasteiger partial charge >= 0.3 is 0 Å². The van der Waals surface area contributed by atoms with Crippen LogP contribution in [0.2, 0.25) is 0 Å². The molecular formula is C16H22O. The first-order valence-electron chi connectivity index (χ1n) is 6.84. The summed E-state index contributed by atoms with van der Waals surface area (Å²) < 4.78 is 6.27. The average molecular weight is 230 g/mol. The van der Waals surface area contributed by atoms with Crippen molar-refractivity contribution in [3.8, 4) is 5.75 Å². The Morgan fingerprint density at radius 2 is 1.94 bits per heavy atom. The van der Waals surface area contributed by atoms with Crippen LogP contribution >= 0.6 is 0 Å². The smallest absolute Gasteiger partial charge is 0.123 e. The summed E-state index contributed by atoms with van der Waals surface area (Å²) in [5.41, 5.74) is 1.87. The Kier molecular flexibility index (Phi) is 2.30. The number of fused-ring (bicyclic) bond motifs is 4. The zero-order valence-electron chi connectivity index (χ0n) is 11.1. The molecule has 1 heterocycles. The lowest BCUT2D eigenvalue weighted by atomic mass is 9.58. The second-order valence-corrected chi connectivity index (χ2v) is 6.39. The molecule has 0 spiro atoms. The average Bonchev–Trinajstić information content (AvgIpc) is 2.28. The number of hydrogen-bond acceptors (Lipinski definition) is 1. The Morgan fingerprint density at radius 1 is 1.18 bits per heavy atom. The molecule has 0 N–H and O–H groups in total. The first-order chi connectivity index (χ1) is 8.06. The van der Waals surface area contributed by atoms with Crippen LogP contribution in [-0.2, 0) is 5.41 Å². The lowest BCUT2D eigenvalue weighted by Crippen LogP contribution is -2.51. The standard InChI is InChI=1S/C16H22O/c1-12(2)16-10-6-9-15(3,11-16)17-14-8-5-4-7-13(14)16/h4-5,7-8,12H,6,9-11H2,1-3H3/t15-,16+/m0/s1. The fourth-order valence-corrected chi connectivity index (χ4v) is 3.98. The maximum Gasteiger partial charge on any atom is 0.123 e. The molecule has 1 fully saturated rings. The summed E-state index contributed by atoms with van der Waals surface area (Å²) in [6, 6.07) is 8.68. The zero-order valence-corrected chi connectivity index (χ0v) is 11.1. The van der Waals surface area contributed by atoms with Gasteiger partial charge in [0.15, 0.2) is 0 Å². The van der Waals surface area contributed by atoms with Crippen LogP contribution in [-0.4, -0.2) is 5.60 Å². The first kappa shape index (κ1) is 11.1. The van der Waals surface area contributed by atoms with E-state index in [0.29, 0.717) is 11.3 Å². The van der Waals surface area contributed by atoms with Gasteiger partial charge in [-0.1, -0.05) is 32.0 Å². The van der Waals surface area contributed by atoms with Crippen molar-refractivity contribution in [2.24, 2.45) is 5.92 Å². The third kappa shape index (κ3) is 1.51. The van der Waals surface area contributed by atoms with Gasteiger partial charge in [0.05, 0.1) is 0 Å². The molecule has 2 aliphatic rings. The van der Waals surface area contributed by atoms with Crippen LogP contribution in [0.25, 0.3) is 0 Å². The number of hydrogen-bond donors (Lipinski definition) is 0. The van der Waals surface area contributed by atoms with Gasteiger partial charge in [0.25, 0.3) is 0 Å². The highest BCUT2D eigenvalue weighted by Gasteiger charge is 2.51. The highest BCUT2D eigenvalue weighted by atomic mass is 16.5. The van der Waals surface area contributed by atoms with Crippen molar-refractivity contribution in [1.82, 2.24) is 0 Å². The minimum atomic E-state index is 0.0663. The third-order valence-electron chi connectivity index (χ3n) is 4.90. The van der Waals surface area contributed by atoms with Crippen molar-refractivity contribution >= 4 is 0 Å². The van der Waals surface area contributed by atoms with E-state index >= 15 is 0 Å². The molecule has 1 aliphatic heterocycles. The molecular weight excluding hydrogens is 208 g/mol. The number of benzene rings is 1. The van der Waals surface area contributed by atoms with Crippen LogP contribution < -0.4 is 4.74 Å². The van der Waals surface area contributed by atoms with Crippen LogP contribution in [0.15, 0.2) is 24.3 Å². The zero-order chi connectivity index (χ0) is 12.1. The molecule has 1 aliphatic carbocycles. The maximum atomic E-state index is 6.27. The Morgan fingerprint density at radius 3 is 2.71 bits per heavy atom. The van der Waals surface area contributed by atoms with E-state index in [0.717, 1.165) is 5.75 Å². The monoisotopic (exact) mass is 230 g/mol. The van der Waals surface area contributed by atoms with Crippen molar-refractivity contribution in [2.45, 2.75) is 57.5 Å². The Hall–Kier alpha value is -0.980. The molecule has 1 saturated carbocycles. The van der Waals surface area contributed by atoms with E-state index < -0.39 is 0 Å². The third-order valence-corrected chi connectivity index (χ3v) is 4.90. The van der Waals surface area contributed by atoms with Gasteiger partial charge in [-0.3, -0.25) is 0 Å². The van der Waals surface area contributed by atoms with E-state index in [9.17, 15) is 0 Å². The van der Waals surface area contributed by atoms with Crippen molar-refractivity contribution in [2.75, 3.05) is 0 Å². The second kappa shape index (κ2) is 3.51. The van der Waals surface area contributed by atoms with Crippen LogP contribution in [0, 0.1) is 5.92 Å². The Bertz CT molecular complexity index is 437. The fraction of sp³-hybridized carbons (Fsp3) is 0.625.